The van der Waals surface area contributed by atoms with E-state index >= 15 is 0 Å². The minimum absolute atomic E-state index is 0.00597. The van der Waals surface area contributed by atoms with Gasteiger partial charge in [-0.2, -0.15) is 0 Å². The molecule has 0 aromatic heterocycles. The van der Waals surface area contributed by atoms with Crippen molar-refractivity contribution in [1.82, 2.24) is 0 Å². The molecule has 1 aromatic rings. The van der Waals surface area contributed by atoms with E-state index in [0.29, 0.717) is 6.54 Å². The molecule has 4 heteroatoms. The molecule has 4 nitrogen and oxygen atoms in total. The van der Waals surface area contributed by atoms with E-state index in [2.05, 4.69) is 0 Å². The standard InChI is InChI=1S/C11H14N2O2/c12-8-11(5-2-6-11)9-3-1-4-10(7-9)13(14)15/h1,3-4,7H,2,5-6,8,12H2. The number of non-ortho nitro benzene ring substituents is 1. The lowest BCUT2D eigenvalue weighted by Crippen LogP contribution is -2.41. The zero-order valence-corrected chi connectivity index (χ0v) is 8.48. The monoisotopic (exact) mass is 206 g/mol. The second kappa shape index (κ2) is 3.62. The van der Waals surface area contributed by atoms with Crippen LogP contribution in [0.15, 0.2) is 24.3 Å². The second-order valence-corrected chi connectivity index (χ2v) is 4.15. The van der Waals surface area contributed by atoms with Crippen LogP contribution in [0.5, 0.6) is 0 Å². The van der Waals surface area contributed by atoms with E-state index in [0.717, 1.165) is 18.4 Å². The summed E-state index contributed by atoms with van der Waals surface area (Å²) in [4.78, 5) is 10.3. The van der Waals surface area contributed by atoms with Crippen LogP contribution < -0.4 is 5.73 Å². The number of benzene rings is 1. The van der Waals surface area contributed by atoms with E-state index in [-0.39, 0.29) is 16.0 Å². The summed E-state index contributed by atoms with van der Waals surface area (Å²) in [5.74, 6) is 0. The van der Waals surface area contributed by atoms with Gasteiger partial charge in [-0.3, -0.25) is 10.1 Å². The van der Waals surface area contributed by atoms with Gasteiger partial charge in [0.2, 0.25) is 0 Å². The van der Waals surface area contributed by atoms with E-state index in [4.69, 9.17) is 5.73 Å². The molecular weight excluding hydrogens is 192 g/mol. The zero-order valence-electron chi connectivity index (χ0n) is 8.48. The lowest BCUT2D eigenvalue weighted by molar-refractivity contribution is -0.385. The summed E-state index contributed by atoms with van der Waals surface area (Å²) in [6.45, 7) is 0.578. The molecule has 15 heavy (non-hydrogen) atoms. The highest BCUT2D eigenvalue weighted by Gasteiger charge is 2.37. The van der Waals surface area contributed by atoms with E-state index in [1.54, 1.807) is 12.1 Å². The van der Waals surface area contributed by atoms with Crippen molar-refractivity contribution in [2.75, 3.05) is 6.54 Å². The summed E-state index contributed by atoms with van der Waals surface area (Å²) in [6, 6.07) is 6.86. The van der Waals surface area contributed by atoms with Crippen LogP contribution in [-0.4, -0.2) is 11.5 Å². The lowest BCUT2D eigenvalue weighted by Gasteiger charge is -2.41. The summed E-state index contributed by atoms with van der Waals surface area (Å²) in [7, 11) is 0. The van der Waals surface area contributed by atoms with Crippen LogP contribution in [0.2, 0.25) is 0 Å². The van der Waals surface area contributed by atoms with E-state index < -0.39 is 0 Å². The molecular formula is C11H14N2O2. The predicted octanol–water partition coefficient (Wildman–Crippen LogP) is 1.98. The molecule has 1 aliphatic carbocycles. The van der Waals surface area contributed by atoms with Gasteiger partial charge in [0, 0.05) is 24.1 Å². The van der Waals surface area contributed by atoms with E-state index in [1.165, 1.54) is 12.5 Å². The molecule has 1 aliphatic rings. The minimum Gasteiger partial charge on any atom is -0.330 e. The average molecular weight is 206 g/mol. The van der Waals surface area contributed by atoms with Gasteiger partial charge in [0.05, 0.1) is 4.92 Å². The number of hydrogen-bond donors (Lipinski definition) is 1. The second-order valence-electron chi connectivity index (χ2n) is 4.15. The van der Waals surface area contributed by atoms with E-state index in [1.807, 2.05) is 6.07 Å². The van der Waals surface area contributed by atoms with E-state index in [9.17, 15) is 10.1 Å². The first-order valence-corrected chi connectivity index (χ1v) is 5.13. The molecule has 0 radical (unpaired) electrons. The van der Waals surface area contributed by atoms with Gasteiger partial charge >= 0.3 is 0 Å². The highest BCUT2D eigenvalue weighted by molar-refractivity contribution is 5.39. The first kappa shape index (κ1) is 10.1. The Morgan fingerprint density at radius 1 is 1.47 bits per heavy atom. The highest BCUT2D eigenvalue weighted by atomic mass is 16.6. The molecule has 2 N–H and O–H groups in total. The Morgan fingerprint density at radius 3 is 2.67 bits per heavy atom. The Balaban J connectivity index is 2.35. The van der Waals surface area contributed by atoms with Gasteiger partial charge in [-0.1, -0.05) is 18.6 Å². The molecule has 0 unspecified atom stereocenters. The Morgan fingerprint density at radius 2 is 2.20 bits per heavy atom. The fourth-order valence-electron chi connectivity index (χ4n) is 2.16. The number of nitrogens with zero attached hydrogens (tertiary/aromatic N) is 1. The van der Waals surface area contributed by atoms with Crippen LogP contribution in [0.25, 0.3) is 0 Å². The third kappa shape index (κ3) is 1.61. The number of nitro groups is 1. The summed E-state index contributed by atoms with van der Waals surface area (Å²) >= 11 is 0. The summed E-state index contributed by atoms with van der Waals surface area (Å²) in [5.41, 5.74) is 6.94. The Kier molecular flexibility index (Phi) is 2.44. The van der Waals surface area contributed by atoms with Crippen LogP contribution in [-0.2, 0) is 5.41 Å². The fourth-order valence-corrected chi connectivity index (χ4v) is 2.16. The largest absolute Gasteiger partial charge is 0.330 e. The number of nitrogens with two attached hydrogens (primary N) is 1. The molecule has 0 aliphatic heterocycles. The van der Waals surface area contributed by atoms with Crippen molar-refractivity contribution in [3.8, 4) is 0 Å². The van der Waals surface area contributed by atoms with Crippen molar-refractivity contribution in [3.05, 3.63) is 39.9 Å². The highest BCUT2D eigenvalue weighted by Crippen LogP contribution is 2.43. The van der Waals surface area contributed by atoms with Crippen LogP contribution >= 0.6 is 0 Å². The molecule has 0 spiro atoms. The van der Waals surface area contributed by atoms with Crippen LogP contribution in [0.4, 0.5) is 5.69 Å². The predicted molar refractivity (Wildman–Crippen MR) is 57.7 cm³/mol. The number of rotatable bonds is 3. The molecule has 0 atom stereocenters. The van der Waals surface area contributed by atoms with Crippen molar-refractivity contribution >= 4 is 5.69 Å². The van der Waals surface area contributed by atoms with Gasteiger partial charge in [-0.25, -0.2) is 0 Å². The van der Waals surface area contributed by atoms with Gasteiger partial charge in [0.25, 0.3) is 5.69 Å². The SMILES string of the molecule is NCC1(c2cccc([N+](=O)[O-])c2)CCC1. The topological polar surface area (TPSA) is 69.2 Å². The fraction of sp³-hybridized carbons (Fsp3) is 0.455. The molecule has 1 saturated carbocycles. The molecule has 0 heterocycles. The molecule has 80 valence electrons. The van der Waals surface area contributed by atoms with Gasteiger partial charge in [-0.15, -0.1) is 0 Å². The summed E-state index contributed by atoms with van der Waals surface area (Å²) in [6.07, 6.45) is 3.26. The molecule has 1 fully saturated rings. The Labute approximate surface area is 88.2 Å². The van der Waals surface area contributed by atoms with Gasteiger partial charge in [-0.05, 0) is 18.4 Å². The van der Waals surface area contributed by atoms with Crippen LogP contribution in [0.3, 0.4) is 0 Å². The lowest BCUT2D eigenvalue weighted by atomic mass is 9.64. The van der Waals surface area contributed by atoms with Crippen molar-refractivity contribution in [2.24, 2.45) is 5.73 Å². The van der Waals surface area contributed by atoms with Crippen molar-refractivity contribution in [1.29, 1.82) is 0 Å². The average Bonchev–Trinajstić information content (AvgIpc) is 2.17. The summed E-state index contributed by atoms with van der Waals surface area (Å²) < 4.78 is 0. The normalized spacial score (nSPS) is 18.2. The molecule has 2 rings (SSSR count). The van der Waals surface area contributed by atoms with Gasteiger partial charge in [0.1, 0.15) is 0 Å². The molecule has 0 bridgehead atoms. The molecule has 0 saturated heterocycles. The third-order valence-corrected chi connectivity index (χ3v) is 3.37. The third-order valence-electron chi connectivity index (χ3n) is 3.37. The van der Waals surface area contributed by atoms with Crippen LogP contribution in [0.1, 0.15) is 24.8 Å². The Bertz CT molecular complexity index is 380. The first-order chi connectivity index (χ1) is 7.18. The van der Waals surface area contributed by atoms with Crippen molar-refractivity contribution in [3.63, 3.8) is 0 Å². The minimum atomic E-state index is -0.355. The number of nitro benzene ring substituents is 1. The van der Waals surface area contributed by atoms with Crippen molar-refractivity contribution in [2.45, 2.75) is 24.7 Å². The maximum atomic E-state index is 10.6. The first-order valence-electron chi connectivity index (χ1n) is 5.13. The molecule has 1 aromatic carbocycles. The zero-order chi connectivity index (χ0) is 10.9. The molecule has 0 amide bonds. The quantitative estimate of drug-likeness (QED) is 0.607. The van der Waals surface area contributed by atoms with Crippen LogP contribution in [0, 0.1) is 10.1 Å². The maximum absolute atomic E-state index is 10.6. The number of hydrogen-bond acceptors (Lipinski definition) is 3. The summed E-state index contributed by atoms with van der Waals surface area (Å²) in [5, 5.41) is 10.6. The van der Waals surface area contributed by atoms with Gasteiger partial charge < -0.3 is 5.73 Å². The Hall–Kier alpha value is -1.42. The van der Waals surface area contributed by atoms with Crippen molar-refractivity contribution < 1.29 is 4.92 Å². The van der Waals surface area contributed by atoms with Gasteiger partial charge in [0.15, 0.2) is 0 Å². The maximum Gasteiger partial charge on any atom is 0.269 e. The smallest absolute Gasteiger partial charge is 0.269 e.